The molecule has 4 aromatic rings. The molecule has 0 aliphatic heterocycles. The van der Waals surface area contributed by atoms with Crippen molar-refractivity contribution >= 4 is 27.5 Å². The maximum atomic E-state index is 6.15. The van der Waals surface area contributed by atoms with Crippen molar-refractivity contribution in [3.8, 4) is 0 Å². The second-order valence-electron chi connectivity index (χ2n) is 5.55. The van der Waals surface area contributed by atoms with E-state index < -0.39 is 0 Å². The lowest BCUT2D eigenvalue weighted by Crippen LogP contribution is -1.96. The van der Waals surface area contributed by atoms with Gasteiger partial charge in [0.25, 0.3) is 0 Å². The van der Waals surface area contributed by atoms with Crippen LogP contribution in [0.25, 0.3) is 21.8 Å². The van der Waals surface area contributed by atoms with Crippen LogP contribution in [-0.4, -0.2) is 4.98 Å². The third kappa shape index (κ3) is 2.19. The predicted molar refractivity (Wildman–Crippen MR) is 92.9 cm³/mol. The number of nitrogen functional groups attached to an aromatic ring is 1. The van der Waals surface area contributed by atoms with Gasteiger partial charge in [0.2, 0.25) is 0 Å². The van der Waals surface area contributed by atoms with Gasteiger partial charge in [0.1, 0.15) is 0 Å². The number of fused-ring (bicyclic) bond motifs is 2. The molecule has 0 aliphatic rings. The smallest absolute Gasteiger partial charge is 0.0941 e. The number of anilines is 1. The average Bonchev–Trinajstić information content (AvgIpc) is 2.57. The fourth-order valence-electron chi connectivity index (χ4n) is 2.91. The zero-order valence-electron chi connectivity index (χ0n) is 12.2. The van der Waals surface area contributed by atoms with Crippen LogP contribution in [0.5, 0.6) is 0 Å². The molecule has 0 amide bonds. The number of para-hydroxylation sites is 1. The van der Waals surface area contributed by atoms with Crippen molar-refractivity contribution in [1.29, 1.82) is 0 Å². The number of benzene rings is 3. The zero-order chi connectivity index (χ0) is 14.9. The number of nitrogens with two attached hydrogens (primary N) is 1. The normalized spacial score (nSPS) is 11.1. The number of nitrogens with zero attached hydrogens (tertiary/aromatic N) is 1. The summed E-state index contributed by atoms with van der Waals surface area (Å²) in [6.45, 7) is 0. The summed E-state index contributed by atoms with van der Waals surface area (Å²) in [5.41, 5.74) is 11.3. The second-order valence-corrected chi connectivity index (χ2v) is 5.55. The van der Waals surface area contributed by atoms with Gasteiger partial charge in [-0.3, -0.25) is 0 Å². The van der Waals surface area contributed by atoms with Crippen molar-refractivity contribution in [2.45, 2.75) is 6.42 Å². The molecule has 2 nitrogen and oxygen atoms in total. The van der Waals surface area contributed by atoms with Crippen LogP contribution in [0, 0.1) is 0 Å². The summed E-state index contributed by atoms with van der Waals surface area (Å²) in [7, 11) is 0. The van der Waals surface area contributed by atoms with Crippen LogP contribution >= 0.6 is 0 Å². The van der Waals surface area contributed by atoms with Gasteiger partial charge < -0.3 is 5.73 Å². The highest BCUT2D eigenvalue weighted by atomic mass is 14.7. The molecule has 0 radical (unpaired) electrons. The fourth-order valence-corrected chi connectivity index (χ4v) is 2.91. The van der Waals surface area contributed by atoms with E-state index in [4.69, 9.17) is 10.7 Å². The van der Waals surface area contributed by atoms with E-state index in [9.17, 15) is 0 Å². The highest BCUT2D eigenvalue weighted by Crippen LogP contribution is 2.28. The molecular formula is C20H16N2. The minimum Gasteiger partial charge on any atom is -0.397 e. The molecule has 22 heavy (non-hydrogen) atoms. The van der Waals surface area contributed by atoms with Crippen LogP contribution < -0.4 is 5.73 Å². The van der Waals surface area contributed by atoms with Gasteiger partial charge in [0, 0.05) is 10.8 Å². The summed E-state index contributed by atoms with van der Waals surface area (Å²) in [6.07, 6.45) is 0.887. The number of pyridine rings is 1. The van der Waals surface area contributed by atoms with Gasteiger partial charge in [0.15, 0.2) is 0 Å². The SMILES string of the molecule is Nc1ccc(Cc2ccccc2)c2cc3ccccc3nc12. The van der Waals surface area contributed by atoms with Gasteiger partial charge in [-0.15, -0.1) is 0 Å². The number of aromatic nitrogens is 1. The Balaban J connectivity index is 1.95. The highest BCUT2D eigenvalue weighted by Gasteiger charge is 2.08. The molecule has 0 unspecified atom stereocenters. The van der Waals surface area contributed by atoms with Crippen LogP contribution in [0.2, 0.25) is 0 Å². The molecule has 106 valence electrons. The molecule has 4 rings (SSSR count). The molecule has 3 aromatic carbocycles. The van der Waals surface area contributed by atoms with E-state index in [0.717, 1.165) is 33.9 Å². The Hall–Kier alpha value is -2.87. The minimum absolute atomic E-state index is 0.734. The Morgan fingerprint density at radius 3 is 2.45 bits per heavy atom. The van der Waals surface area contributed by atoms with Crippen molar-refractivity contribution < 1.29 is 0 Å². The largest absolute Gasteiger partial charge is 0.397 e. The molecule has 0 fully saturated rings. The fraction of sp³-hybridized carbons (Fsp3) is 0.0500. The van der Waals surface area contributed by atoms with Crippen LogP contribution in [0.15, 0.2) is 72.8 Å². The summed E-state index contributed by atoms with van der Waals surface area (Å²) < 4.78 is 0. The molecule has 0 saturated heterocycles. The van der Waals surface area contributed by atoms with Crippen molar-refractivity contribution in [1.82, 2.24) is 4.98 Å². The van der Waals surface area contributed by atoms with Crippen LogP contribution in [0.3, 0.4) is 0 Å². The van der Waals surface area contributed by atoms with Gasteiger partial charge in [-0.05, 0) is 35.7 Å². The first kappa shape index (κ1) is 12.8. The van der Waals surface area contributed by atoms with Gasteiger partial charge in [-0.2, -0.15) is 0 Å². The third-order valence-corrected chi connectivity index (χ3v) is 4.04. The second kappa shape index (κ2) is 5.15. The Bertz CT molecular complexity index is 959. The number of hydrogen-bond acceptors (Lipinski definition) is 2. The highest BCUT2D eigenvalue weighted by molar-refractivity contribution is 5.99. The maximum absolute atomic E-state index is 6.15. The monoisotopic (exact) mass is 284 g/mol. The lowest BCUT2D eigenvalue weighted by molar-refractivity contribution is 1.21. The Kier molecular flexibility index (Phi) is 3.01. The molecule has 0 spiro atoms. The molecule has 2 N–H and O–H groups in total. The summed E-state index contributed by atoms with van der Waals surface area (Å²) in [5, 5.41) is 2.29. The summed E-state index contributed by atoms with van der Waals surface area (Å²) >= 11 is 0. The third-order valence-electron chi connectivity index (χ3n) is 4.04. The van der Waals surface area contributed by atoms with E-state index in [1.54, 1.807) is 0 Å². The maximum Gasteiger partial charge on any atom is 0.0941 e. The summed E-state index contributed by atoms with van der Waals surface area (Å²) in [5.74, 6) is 0. The standard InChI is InChI=1S/C20H16N2/c21-18-11-10-15(12-14-6-2-1-3-7-14)17-13-16-8-4-5-9-19(16)22-20(17)18/h1-11,13H,12,21H2. The molecular weight excluding hydrogens is 268 g/mol. The predicted octanol–water partition coefficient (Wildman–Crippen LogP) is 4.56. The average molecular weight is 284 g/mol. The molecule has 0 bridgehead atoms. The lowest BCUT2D eigenvalue weighted by Gasteiger charge is -2.10. The van der Waals surface area contributed by atoms with E-state index in [1.165, 1.54) is 11.1 Å². The van der Waals surface area contributed by atoms with Crippen LogP contribution in [0.4, 0.5) is 5.69 Å². The minimum atomic E-state index is 0.734. The van der Waals surface area contributed by atoms with Crippen molar-refractivity contribution in [2.24, 2.45) is 0 Å². The molecule has 0 aliphatic carbocycles. The van der Waals surface area contributed by atoms with Gasteiger partial charge in [-0.25, -0.2) is 4.98 Å². The molecule has 1 aromatic heterocycles. The van der Waals surface area contributed by atoms with E-state index in [-0.39, 0.29) is 0 Å². The Morgan fingerprint density at radius 2 is 1.59 bits per heavy atom. The van der Waals surface area contributed by atoms with Gasteiger partial charge in [-0.1, -0.05) is 54.6 Å². The summed E-state index contributed by atoms with van der Waals surface area (Å²) in [4.78, 5) is 4.75. The summed E-state index contributed by atoms with van der Waals surface area (Å²) in [6, 6.07) is 24.9. The van der Waals surface area contributed by atoms with Crippen LogP contribution in [-0.2, 0) is 6.42 Å². The van der Waals surface area contributed by atoms with E-state index in [2.05, 4.69) is 42.5 Å². The van der Waals surface area contributed by atoms with Crippen molar-refractivity contribution in [2.75, 3.05) is 5.73 Å². The van der Waals surface area contributed by atoms with Crippen molar-refractivity contribution in [3.63, 3.8) is 0 Å². The number of hydrogen-bond donors (Lipinski definition) is 1. The first-order valence-corrected chi connectivity index (χ1v) is 7.42. The van der Waals surface area contributed by atoms with Gasteiger partial charge in [0.05, 0.1) is 16.7 Å². The molecule has 0 saturated carbocycles. The van der Waals surface area contributed by atoms with E-state index >= 15 is 0 Å². The molecule has 2 heteroatoms. The zero-order valence-corrected chi connectivity index (χ0v) is 12.2. The van der Waals surface area contributed by atoms with E-state index in [1.807, 2.05) is 30.3 Å². The topological polar surface area (TPSA) is 38.9 Å². The Morgan fingerprint density at radius 1 is 0.818 bits per heavy atom. The van der Waals surface area contributed by atoms with Crippen molar-refractivity contribution in [3.05, 3.63) is 83.9 Å². The first-order valence-electron chi connectivity index (χ1n) is 7.42. The molecule has 1 heterocycles. The first-order chi connectivity index (χ1) is 10.8. The van der Waals surface area contributed by atoms with Gasteiger partial charge >= 0.3 is 0 Å². The number of rotatable bonds is 2. The van der Waals surface area contributed by atoms with Crippen LogP contribution in [0.1, 0.15) is 11.1 Å². The lowest BCUT2D eigenvalue weighted by atomic mass is 9.98. The molecule has 0 atom stereocenters. The Labute approximate surface area is 129 Å². The quantitative estimate of drug-likeness (QED) is 0.433. The van der Waals surface area contributed by atoms with E-state index in [0.29, 0.717) is 0 Å².